The van der Waals surface area contributed by atoms with E-state index in [4.69, 9.17) is 4.98 Å². The second-order valence-corrected chi connectivity index (χ2v) is 8.00. The first-order valence-corrected chi connectivity index (χ1v) is 9.99. The Bertz CT molecular complexity index is 1150. The molecule has 0 N–H and O–H groups in total. The van der Waals surface area contributed by atoms with Crippen molar-refractivity contribution in [1.29, 1.82) is 0 Å². The Morgan fingerprint density at radius 2 is 1.89 bits per heavy atom. The minimum Gasteiger partial charge on any atom is -0.279 e. The summed E-state index contributed by atoms with van der Waals surface area (Å²) in [5, 5.41) is 0.707. The molecular weight excluding hydrogens is 366 g/mol. The predicted octanol–water partition coefficient (Wildman–Crippen LogP) is 5.46. The van der Waals surface area contributed by atoms with Gasteiger partial charge in [-0.2, -0.15) is 0 Å². The molecule has 0 saturated heterocycles. The molecule has 2 aromatic heterocycles. The summed E-state index contributed by atoms with van der Waals surface area (Å²) < 4.78 is 1.08. The number of hydrogen-bond acceptors (Lipinski definition) is 4. The van der Waals surface area contributed by atoms with Crippen LogP contribution < -0.4 is 4.90 Å². The number of carbonyl (C=O) groups excluding carboxylic acids is 1. The zero-order valence-electron chi connectivity index (χ0n) is 16.1. The van der Waals surface area contributed by atoms with Gasteiger partial charge in [0.15, 0.2) is 5.13 Å². The summed E-state index contributed by atoms with van der Waals surface area (Å²) in [6.45, 7) is 6.48. The van der Waals surface area contributed by atoms with Crippen molar-refractivity contribution in [3.63, 3.8) is 0 Å². The number of amides is 1. The first-order valence-electron chi connectivity index (χ1n) is 9.17. The van der Waals surface area contributed by atoms with Crippen molar-refractivity contribution in [1.82, 2.24) is 9.97 Å². The fourth-order valence-electron chi connectivity index (χ4n) is 3.29. The van der Waals surface area contributed by atoms with Crippen molar-refractivity contribution >= 4 is 32.6 Å². The minimum absolute atomic E-state index is 0.0435. The van der Waals surface area contributed by atoms with Gasteiger partial charge < -0.3 is 0 Å². The van der Waals surface area contributed by atoms with E-state index < -0.39 is 0 Å². The molecule has 0 saturated carbocycles. The summed E-state index contributed by atoms with van der Waals surface area (Å²) in [5.41, 5.74) is 5.84. The average molecular weight is 388 g/mol. The monoisotopic (exact) mass is 387 g/mol. The normalized spacial score (nSPS) is 11.0. The van der Waals surface area contributed by atoms with E-state index in [9.17, 15) is 4.79 Å². The number of aromatic nitrogens is 2. The summed E-state index contributed by atoms with van der Waals surface area (Å²) in [4.78, 5) is 24.3. The van der Waals surface area contributed by atoms with Crippen LogP contribution in [0.4, 0.5) is 5.13 Å². The van der Waals surface area contributed by atoms with Gasteiger partial charge in [-0.25, -0.2) is 4.98 Å². The van der Waals surface area contributed by atoms with Crippen LogP contribution in [-0.2, 0) is 6.54 Å². The van der Waals surface area contributed by atoms with Crippen molar-refractivity contribution in [2.75, 3.05) is 4.90 Å². The highest BCUT2D eigenvalue weighted by atomic mass is 32.1. The van der Waals surface area contributed by atoms with E-state index in [1.165, 1.54) is 0 Å². The number of thiazole rings is 1. The molecule has 28 heavy (non-hydrogen) atoms. The molecule has 4 rings (SSSR count). The lowest BCUT2D eigenvalue weighted by Crippen LogP contribution is -2.31. The Kier molecular flexibility index (Phi) is 4.92. The number of hydrogen-bond donors (Lipinski definition) is 0. The van der Waals surface area contributed by atoms with Crippen LogP contribution in [0, 0.1) is 20.8 Å². The maximum absolute atomic E-state index is 13.5. The standard InChI is InChI=1S/C23H21N3OS/c1-15-9-10-19(17(3)12-15)22(27)26(14-18-7-5-11-24-13-18)23-25-21-16(2)6-4-8-20(21)28-23/h4-13H,14H2,1-3H3. The number of para-hydroxylation sites is 1. The molecule has 1 amide bonds. The van der Waals surface area contributed by atoms with E-state index >= 15 is 0 Å². The molecular formula is C23H21N3OS. The molecule has 2 heterocycles. The van der Waals surface area contributed by atoms with Gasteiger partial charge in [0, 0.05) is 18.0 Å². The Morgan fingerprint density at radius 1 is 1.04 bits per heavy atom. The molecule has 0 unspecified atom stereocenters. The van der Waals surface area contributed by atoms with Crippen LogP contribution in [-0.4, -0.2) is 15.9 Å². The van der Waals surface area contributed by atoms with Crippen molar-refractivity contribution in [3.8, 4) is 0 Å². The Labute approximate surface area is 168 Å². The third kappa shape index (κ3) is 3.53. The fraction of sp³-hybridized carbons (Fsp3) is 0.174. The number of aryl methyl sites for hydroxylation is 3. The van der Waals surface area contributed by atoms with Gasteiger partial charge in [-0.15, -0.1) is 0 Å². The minimum atomic E-state index is -0.0435. The third-order valence-electron chi connectivity index (χ3n) is 4.76. The smallest absolute Gasteiger partial charge is 0.260 e. The number of fused-ring (bicyclic) bond motifs is 1. The van der Waals surface area contributed by atoms with Crippen molar-refractivity contribution < 1.29 is 4.79 Å². The molecule has 140 valence electrons. The van der Waals surface area contributed by atoms with Crippen molar-refractivity contribution in [3.05, 3.63) is 88.7 Å². The maximum Gasteiger partial charge on any atom is 0.260 e. The summed E-state index contributed by atoms with van der Waals surface area (Å²) in [5.74, 6) is -0.0435. The van der Waals surface area contributed by atoms with Gasteiger partial charge in [-0.05, 0) is 55.7 Å². The highest BCUT2D eigenvalue weighted by Crippen LogP contribution is 2.32. The third-order valence-corrected chi connectivity index (χ3v) is 5.80. The number of pyridine rings is 1. The lowest BCUT2D eigenvalue weighted by atomic mass is 10.0. The summed E-state index contributed by atoms with van der Waals surface area (Å²) in [6.07, 6.45) is 3.53. The SMILES string of the molecule is Cc1ccc(C(=O)N(Cc2cccnc2)c2nc3c(C)cccc3s2)c(C)c1. The average Bonchev–Trinajstić information content (AvgIpc) is 3.12. The maximum atomic E-state index is 13.5. The van der Waals surface area contributed by atoms with E-state index in [0.29, 0.717) is 17.2 Å². The van der Waals surface area contributed by atoms with Crippen LogP contribution >= 0.6 is 11.3 Å². The van der Waals surface area contributed by atoms with Gasteiger partial charge >= 0.3 is 0 Å². The Morgan fingerprint density at radius 3 is 2.61 bits per heavy atom. The van der Waals surface area contributed by atoms with E-state index in [1.54, 1.807) is 28.6 Å². The molecule has 5 heteroatoms. The molecule has 0 radical (unpaired) electrons. The first kappa shape index (κ1) is 18.3. The molecule has 0 aliphatic carbocycles. The largest absolute Gasteiger partial charge is 0.279 e. The van der Waals surface area contributed by atoms with Gasteiger partial charge in [0.1, 0.15) is 0 Å². The van der Waals surface area contributed by atoms with E-state index in [1.807, 2.05) is 69.3 Å². The molecule has 2 aromatic carbocycles. The molecule has 0 fully saturated rings. The van der Waals surface area contributed by atoms with Crippen LogP contribution in [0.15, 0.2) is 60.9 Å². The van der Waals surface area contributed by atoms with Gasteiger partial charge in [0.25, 0.3) is 5.91 Å². The molecule has 0 aliphatic heterocycles. The number of carbonyl (C=O) groups is 1. The lowest BCUT2D eigenvalue weighted by molar-refractivity contribution is 0.0984. The van der Waals surface area contributed by atoms with E-state index in [0.717, 1.165) is 32.5 Å². The van der Waals surface area contributed by atoms with Crippen molar-refractivity contribution in [2.24, 2.45) is 0 Å². The van der Waals surface area contributed by atoms with Crippen molar-refractivity contribution in [2.45, 2.75) is 27.3 Å². The van der Waals surface area contributed by atoms with Gasteiger partial charge in [-0.3, -0.25) is 14.7 Å². The molecule has 4 nitrogen and oxygen atoms in total. The molecule has 4 aromatic rings. The topological polar surface area (TPSA) is 46.1 Å². The number of anilines is 1. The number of benzene rings is 2. The zero-order chi connectivity index (χ0) is 19.7. The first-order chi connectivity index (χ1) is 13.5. The van der Waals surface area contributed by atoms with Gasteiger partial charge in [0.2, 0.25) is 0 Å². The van der Waals surface area contributed by atoms with Crippen LogP contribution in [0.5, 0.6) is 0 Å². The number of rotatable bonds is 4. The Balaban J connectivity index is 1.80. The van der Waals surface area contributed by atoms with Crippen LogP contribution in [0.1, 0.15) is 32.6 Å². The molecule has 0 atom stereocenters. The van der Waals surface area contributed by atoms with Gasteiger partial charge in [0.05, 0.1) is 16.8 Å². The number of nitrogens with zero attached hydrogens (tertiary/aromatic N) is 3. The summed E-state index contributed by atoms with van der Waals surface area (Å²) in [7, 11) is 0. The predicted molar refractivity (Wildman–Crippen MR) is 115 cm³/mol. The van der Waals surface area contributed by atoms with Crippen LogP contribution in [0.2, 0.25) is 0 Å². The van der Waals surface area contributed by atoms with E-state index in [2.05, 4.69) is 4.98 Å². The highest BCUT2D eigenvalue weighted by molar-refractivity contribution is 7.22. The fourth-order valence-corrected chi connectivity index (χ4v) is 4.33. The van der Waals surface area contributed by atoms with Gasteiger partial charge in [-0.1, -0.05) is 47.2 Å². The molecule has 0 spiro atoms. The summed E-state index contributed by atoms with van der Waals surface area (Å²) >= 11 is 1.54. The summed E-state index contributed by atoms with van der Waals surface area (Å²) in [6, 6.07) is 15.9. The molecule has 0 aliphatic rings. The second kappa shape index (κ2) is 7.52. The Hall–Kier alpha value is -3.05. The van der Waals surface area contributed by atoms with Crippen LogP contribution in [0.3, 0.4) is 0 Å². The zero-order valence-corrected chi connectivity index (χ0v) is 17.0. The quantitative estimate of drug-likeness (QED) is 0.467. The second-order valence-electron chi connectivity index (χ2n) is 6.99. The van der Waals surface area contributed by atoms with Crippen LogP contribution in [0.25, 0.3) is 10.2 Å². The lowest BCUT2D eigenvalue weighted by Gasteiger charge is -2.21. The molecule has 0 bridgehead atoms. The van der Waals surface area contributed by atoms with E-state index in [-0.39, 0.29) is 5.91 Å². The highest BCUT2D eigenvalue weighted by Gasteiger charge is 2.23.